The second kappa shape index (κ2) is 24.5. The van der Waals surface area contributed by atoms with Gasteiger partial charge in [0.25, 0.3) is 10.1 Å². The SMILES string of the molecule is CC(=O)CCC(=O)O[C@H]1CC[C@H](O[C@@H]2C[C@H](O[C@@H]3[C@@H](C)O[C@@H](Oc4ccc(OCOCC[Si](C)(C)C)cc4)C[C@H]3OCc3ccccc3)O[C@H](C)[C@H]2OS(=O)(=O)Cc2ccccc2)O[C@H]1C. The molecule has 3 aliphatic heterocycles. The van der Waals surface area contributed by atoms with Gasteiger partial charge in [0.1, 0.15) is 41.3 Å². The van der Waals surface area contributed by atoms with Crippen molar-refractivity contribution in [2.24, 2.45) is 0 Å². The Hall–Kier alpha value is -3.75. The average Bonchev–Trinajstić information content (AvgIpc) is 3.26. The van der Waals surface area contributed by atoms with Crippen molar-refractivity contribution in [2.45, 2.75) is 172 Å². The highest BCUT2D eigenvalue weighted by molar-refractivity contribution is 7.85. The Balaban J connectivity index is 1.13. The Morgan fingerprint density at radius 1 is 0.682 bits per heavy atom. The third-order valence-corrected chi connectivity index (χ3v) is 14.5. The van der Waals surface area contributed by atoms with E-state index in [9.17, 15) is 18.0 Å². The molecule has 0 aromatic heterocycles. The molecule has 11 atom stereocenters. The van der Waals surface area contributed by atoms with Gasteiger partial charge in [-0.05, 0) is 75.6 Å². The molecule has 0 amide bonds. The summed E-state index contributed by atoms with van der Waals surface area (Å²) < 4.78 is 95.5. The Kier molecular flexibility index (Phi) is 19.2. The molecule has 17 heteroatoms. The summed E-state index contributed by atoms with van der Waals surface area (Å²) in [6.45, 7) is 14.9. The van der Waals surface area contributed by atoms with E-state index in [-0.39, 0.29) is 37.6 Å². The molecule has 15 nitrogen and oxygen atoms in total. The molecule has 0 bridgehead atoms. The Morgan fingerprint density at radius 3 is 1.97 bits per heavy atom. The van der Waals surface area contributed by atoms with Crippen LogP contribution in [0.3, 0.4) is 0 Å². The lowest BCUT2D eigenvalue weighted by molar-refractivity contribution is -0.324. The summed E-state index contributed by atoms with van der Waals surface area (Å²) in [6, 6.07) is 27.0. The van der Waals surface area contributed by atoms with Gasteiger partial charge in [0.2, 0.25) is 6.29 Å². The molecule has 0 saturated carbocycles. The number of benzene rings is 3. The lowest BCUT2D eigenvalue weighted by Crippen LogP contribution is -2.56. The van der Waals surface area contributed by atoms with E-state index in [2.05, 4.69) is 19.6 Å². The molecule has 6 rings (SSSR count). The monoisotopic (exact) mass is 956 g/mol. The molecule has 0 unspecified atom stereocenters. The van der Waals surface area contributed by atoms with Gasteiger partial charge in [-0.2, -0.15) is 8.42 Å². The zero-order chi connectivity index (χ0) is 47.3. The summed E-state index contributed by atoms with van der Waals surface area (Å²) in [5.74, 6) is 0.340. The standard InChI is InChI=1S/C49H68O15SSi/c1-33(50)18-24-44(51)61-41-23-25-45(57-34(41)2)62-43-29-47(59-36(4)49(43)64-65(52,53)31-38-16-12-9-13-17-38)63-48-35(3)58-46(28-42(48)55-30-37-14-10-8-11-15-37)60-40-21-19-39(20-22-40)56-32-54-26-27-66(5,6)7/h8-17,19-22,34-36,41-43,45-49H,18,23-32H2,1-7H3/t34-,35+,36+,41-,42+,43+,45-,46-,47-,48+,49+/m0/s1. The number of hydrogen-bond acceptors (Lipinski definition) is 15. The largest absolute Gasteiger partial charge is 0.468 e. The number of Topliss-reactive ketones (excluding diaryl/α,β-unsaturated/α-hetero) is 1. The molecular formula is C49H68O15SSi. The van der Waals surface area contributed by atoms with E-state index >= 15 is 0 Å². The Morgan fingerprint density at radius 2 is 1.30 bits per heavy atom. The van der Waals surface area contributed by atoms with Gasteiger partial charge in [-0.1, -0.05) is 80.3 Å². The molecular weight excluding hydrogens is 889 g/mol. The molecule has 66 heavy (non-hydrogen) atoms. The van der Waals surface area contributed by atoms with E-state index < -0.39 is 91.9 Å². The van der Waals surface area contributed by atoms with Crippen LogP contribution in [0.15, 0.2) is 84.9 Å². The molecule has 3 aromatic rings. The molecule has 0 N–H and O–H groups in total. The lowest BCUT2D eigenvalue weighted by Gasteiger charge is -2.45. The number of carbonyl (C=O) groups excluding carboxylic acids is 2. The van der Waals surface area contributed by atoms with Gasteiger partial charge >= 0.3 is 5.97 Å². The second-order valence-electron chi connectivity index (χ2n) is 18.5. The summed E-state index contributed by atoms with van der Waals surface area (Å²) >= 11 is 0. The maximum Gasteiger partial charge on any atom is 0.306 e. The summed E-state index contributed by atoms with van der Waals surface area (Å²) in [7, 11) is -5.31. The van der Waals surface area contributed by atoms with E-state index in [1.807, 2.05) is 67.6 Å². The molecule has 3 fully saturated rings. The van der Waals surface area contributed by atoms with Crippen molar-refractivity contribution in [3.8, 4) is 11.5 Å². The van der Waals surface area contributed by atoms with Crippen LogP contribution in [0, 0.1) is 0 Å². The van der Waals surface area contributed by atoms with Crippen molar-refractivity contribution in [1.29, 1.82) is 0 Å². The zero-order valence-electron chi connectivity index (χ0n) is 39.2. The van der Waals surface area contributed by atoms with E-state index in [1.54, 1.807) is 38.1 Å². The number of hydrogen-bond donors (Lipinski definition) is 0. The summed E-state index contributed by atoms with van der Waals surface area (Å²) in [5, 5.41) is 0. The smallest absolute Gasteiger partial charge is 0.306 e. The maximum atomic E-state index is 13.6. The molecule has 364 valence electrons. The number of rotatable bonds is 23. The number of carbonyl (C=O) groups is 2. The van der Waals surface area contributed by atoms with Gasteiger partial charge in [-0.25, -0.2) is 0 Å². The predicted molar refractivity (Wildman–Crippen MR) is 247 cm³/mol. The van der Waals surface area contributed by atoms with Crippen molar-refractivity contribution in [3.05, 3.63) is 96.1 Å². The van der Waals surface area contributed by atoms with Crippen LogP contribution in [0.1, 0.15) is 77.3 Å². The van der Waals surface area contributed by atoms with Crippen molar-refractivity contribution < 1.29 is 69.6 Å². The van der Waals surface area contributed by atoms with Crippen LogP contribution in [0.25, 0.3) is 0 Å². The van der Waals surface area contributed by atoms with Gasteiger partial charge in [0, 0.05) is 40.4 Å². The number of ketones is 1. The highest BCUT2D eigenvalue weighted by Crippen LogP contribution is 2.36. The third kappa shape index (κ3) is 16.8. The van der Waals surface area contributed by atoms with E-state index in [1.165, 1.54) is 6.92 Å². The summed E-state index contributed by atoms with van der Waals surface area (Å²) in [5.41, 5.74) is 1.55. The topological polar surface area (TPSA) is 170 Å². The fourth-order valence-electron chi connectivity index (χ4n) is 7.93. The highest BCUT2D eigenvalue weighted by atomic mass is 32.2. The maximum absolute atomic E-state index is 13.6. The molecule has 3 saturated heterocycles. The Labute approximate surface area is 391 Å². The first-order chi connectivity index (χ1) is 31.5. The first kappa shape index (κ1) is 51.6. The average molecular weight is 957 g/mol. The van der Waals surface area contributed by atoms with Crippen LogP contribution in [-0.2, 0) is 74.1 Å². The summed E-state index contributed by atoms with van der Waals surface area (Å²) in [6.07, 6.45) is -6.53. The van der Waals surface area contributed by atoms with Gasteiger partial charge < -0.3 is 52.2 Å². The Bertz CT molecular complexity index is 2050. The van der Waals surface area contributed by atoms with Gasteiger partial charge in [-0.3, -0.25) is 8.98 Å². The highest BCUT2D eigenvalue weighted by Gasteiger charge is 2.47. The molecule has 3 aromatic carbocycles. The first-order valence-corrected chi connectivity index (χ1v) is 28.3. The molecule has 0 aliphatic carbocycles. The van der Waals surface area contributed by atoms with Crippen LogP contribution in [0.2, 0.25) is 25.7 Å². The van der Waals surface area contributed by atoms with E-state index in [4.69, 9.17) is 51.6 Å². The lowest BCUT2D eigenvalue weighted by atomic mass is 9.99. The van der Waals surface area contributed by atoms with Crippen LogP contribution >= 0.6 is 0 Å². The third-order valence-electron chi connectivity index (χ3n) is 11.6. The minimum Gasteiger partial charge on any atom is -0.468 e. The molecule has 3 heterocycles. The van der Waals surface area contributed by atoms with Gasteiger partial charge in [0.05, 0.1) is 43.5 Å². The predicted octanol–water partition coefficient (Wildman–Crippen LogP) is 8.10. The van der Waals surface area contributed by atoms with Crippen LogP contribution in [0.5, 0.6) is 11.5 Å². The minimum atomic E-state index is -4.12. The molecule has 0 radical (unpaired) electrons. The normalized spacial score (nSPS) is 28.3. The van der Waals surface area contributed by atoms with Crippen LogP contribution < -0.4 is 9.47 Å². The molecule has 0 spiro atoms. The summed E-state index contributed by atoms with van der Waals surface area (Å²) in [4.78, 5) is 23.9. The van der Waals surface area contributed by atoms with Gasteiger partial charge in [-0.15, -0.1) is 0 Å². The van der Waals surface area contributed by atoms with E-state index in [0.29, 0.717) is 49.5 Å². The fraction of sp³-hybridized carbons (Fsp3) is 0.592. The van der Waals surface area contributed by atoms with Crippen molar-refractivity contribution >= 4 is 29.9 Å². The minimum absolute atomic E-state index is 0.00784. The van der Waals surface area contributed by atoms with E-state index in [0.717, 1.165) is 11.6 Å². The van der Waals surface area contributed by atoms with Gasteiger partial charge in [0.15, 0.2) is 19.4 Å². The van der Waals surface area contributed by atoms with Crippen molar-refractivity contribution in [1.82, 2.24) is 0 Å². The zero-order valence-corrected chi connectivity index (χ0v) is 41.1. The fourth-order valence-corrected chi connectivity index (χ4v) is 9.97. The van der Waals surface area contributed by atoms with Crippen molar-refractivity contribution in [2.75, 3.05) is 13.4 Å². The molecule has 3 aliphatic rings. The van der Waals surface area contributed by atoms with Crippen LogP contribution in [0.4, 0.5) is 0 Å². The number of esters is 1. The number of ether oxygens (including phenoxy) is 10. The van der Waals surface area contributed by atoms with Crippen molar-refractivity contribution in [3.63, 3.8) is 0 Å². The second-order valence-corrected chi connectivity index (χ2v) is 25.7. The quantitative estimate of drug-likeness (QED) is 0.0294. The first-order valence-electron chi connectivity index (χ1n) is 23.0. The van der Waals surface area contributed by atoms with Crippen LogP contribution in [-0.4, -0.2) is 109 Å².